The molecule has 0 saturated carbocycles. The molecule has 2 aliphatic heterocycles. The Balaban J connectivity index is 1.27. The second-order valence-corrected chi connectivity index (χ2v) is 13.0. The van der Waals surface area contributed by atoms with Crippen molar-refractivity contribution in [3.05, 3.63) is 121 Å². The summed E-state index contributed by atoms with van der Waals surface area (Å²) in [5.74, 6) is 0.135. The highest BCUT2D eigenvalue weighted by atomic mass is 16.5. The van der Waals surface area contributed by atoms with Crippen LogP contribution in [0.15, 0.2) is 80.7 Å². The third-order valence-corrected chi connectivity index (χ3v) is 9.29. The van der Waals surface area contributed by atoms with Crippen LogP contribution in [-0.4, -0.2) is 40.7 Å². The van der Waals surface area contributed by atoms with Gasteiger partial charge in [0.05, 0.1) is 19.6 Å². The maximum absolute atomic E-state index is 13.1. The van der Waals surface area contributed by atoms with Gasteiger partial charge in [-0.05, 0) is 53.1 Å². The fourth-order valence-corrected chi connectivity index (χ4v) is 6.96. The van der Waals surface area contributed by atoms with E-state index in [4.69, 9.17) is 19.6 Å². The van der Waals surface area contributed by atoms with Crippen molar-refractivity contribution in [2.24, 2.45) is 11.7 Å². The Morgan fingerprint density at radius 1 is 1.00 bits per heavy atom. The topological polar surface area (TPSA) is 137 Å². The quantitative estimate of drug-likeness (QED) is 0.238. The SMILES string of the molecule is COc1ccc(C(CC(N)=O)c2oc(CN3CC4CC(C3)c3cccc(=O)n3C4)cc(=O)c2O)cc1OCc1ccc(C(C)C)cc1. The first-order valence-corrected chi connectivity index (χ1v) is 16.1. The summed E-state index contributed by atoms with van der Waals surface area (Å²) >= 11 is 0. The van der Waals surface area contributed by atoms with Gasteiger partial charge >= 0.3 is 0 Å². The second-order valence-electron chi connectivity index (χ2n) is 13.0. The number of carbonyl (C=O) groups is 1. The number of fused-ring (bicyclic) bond motifs is 4. The molecule has 3 atom stereocenters. The van der Waals surface area contributed by atoms with Crippen LogP contribution in [0.2, 0.25) is 0 Å². The van der Waals surface area contributed by atoms with Crippen LogP contribution in [0.1, 0.15) is 78.3 Å². The van der Waals surface area contributed by atoms with Crippen molar-refractivity contribution in [2.75, 3.05) is 20.2 Å². The minimum absolute atomic E-state index is 0.0210. The van der Waals surface area contributed by atoms with Crippen LogP contribution in [0.5, 0.6) is 17.2 Å². The Morgan fingerprint density at radius 2 is 1.77 bits per heavy atom. The van der Waals surface area contributed by atoms with Gasteiger partial charge in [0.15, 0.2) is 17.3 Å². The highest BCUT2D eigenvalue weighted by Crippen LogP contribution is 2.39. The van der Waals surface area contributed by atoms with Crippen LogP contribution in [0.3, 0.4) is 0 Å². The molecular weight excluding hydrogens is 598 g/mol. The Kier molecular flexibility index (Phi) is 9.22. The Hall–Kier alpha value is -4.83. The molecule has 4 aromatic rings. The number of likely N-dealkylation sites (tertiary alicyclic amines) is 1. The van der Waals surface area contributed by atoms with Gasteiger partial charge < -0.3 is 29.3 Å². The zero-order valence-corrected chi connectivity index (χ0v) is 27.0. The molecule has 10 heteroatoms. The molecule has 3 N–H and O–H groups in total. The molecule has 3 unspecified atom stereocenters. The van der Waals surface area contributed by atoms with Gasteiger partial charge in [0.25, 0.3) is 5.56 Å². The van der Waals surface area contributed by atoms with Gasteiger partial charge in [-0.15, -0.1) is 0 Å². The summed E-state index contributed by atoms with van der Waals surface area (Å²) < 4.78 is 19.8. The van der Waals surface area contributed by atoms with Crippen molar-refractivity contribution in [1.29, 1.82) is 0 Å². The highest BCUT2D eigenvalue weighted by molar-refractivity contribution is 5.75. The number of amides is 1. The van der Waals surface area contributed by atoms with Crippen molar-refractivity contribution >= 4 is 5.91 Å². The van der Waals surface area contributed by atoms with Gasteiger partial charge in [-0.2, -0.15) is 0 Å². The number of nitrogens with two attached hydrogens (primary N) is 1. The lowest BCUT2D eigenvalue weighted by molar-refractivity contribution is -0.118. The molecule has 6 rings (SSSR count). The normalized spacial score (nSPS) is 18.0. The van der Waals surface area contributed by atoms with Crippen LogP contribution < -0.4 is 26.2 Å². The van der Waals surface area contributed by atoms with E-state index in [2.05, 4.69) is 30.9 Å². The molecule has 47 heavy (non-hydrogen) atoms. The molecule has 2 bridgehead atoms. The minimum Gasteiger partial charge on any atom is -0.502 e. The Labute approximate surface area is 273 Å². The summed E-state index contributed by atoms with van der Waals surface area (Å²) in [7, 11) is 1.54. The van der Waals surface area contributed by atoms with E-state index in [-0.39, 0.29) is 36.2 Å². The number of ether oxygens (including phenoxy) is 2. The maximum Gasteiger partial charge on any atom is 0.250 e. The van der Waals surface area contributed by atoms with E-state index in [1.165, 1.54) is 11.6 Å². The van der Waals surface area contributed by atoms with Crippen molar-refractivity contribution in [3.63, 3.8) is 0 Å². The maximum atomic E-state index is 13.1. The zero-order valence-electron chi connectivity index (χ0n) is 27.0. The molecule has 2 aromatic heterocycles. The number of hydrogen-bond donors (Lipinski definition) is 2. The number of primary amides is 1. The molecular formula is C37H41N3O7. The molecule has 0 aliphatic carbocycles. The third kappa shape index (κ3) is 6.97. The Morgan fingerprint density at radius 3 is 2.49 bits per heavy atom. The number of pyridine rings is 1. The number of methoxy groups -OCH3 is 1. The van der Waals surface area contributed by atoms with Gasteiger partial charge in [-0.3, -0.25) is 19.3 Å². The number of aromatic nitrogens is 1. The van der Waals surface area contributed by atoms with E-state index in [0.29, 0.717) is 48.4 Å². The molecule has 1 fully saturated rings. The number of benzene rings is 2. The molecule has 2 aliphatic rings. The zero-order chi connectivity index (χ0) is 33.2. The molecule has 246 valence electrons. The molecule has 1 saturated heterocycles. The van der Waals surface area contributed by atoms with Crippen LogP contribution in [-0.2, 0) is 24.5 Å². The molecule has 1 amide bonds. The van der Waals surface area contributed by atoms with E-state index in [1.54, 1.807) is 37.4 Å². The largest absolute Gasteiger partial charge is 0.502 e. The van der Waals surface area contributed by atoms with Crippen LogP contribution in [0.4, 0.5) is 0 Å². The monoisotopic (exact) mass is 639 g/mol. The van der Waals surface area contributed by atoms with E-state index < -0.39 is 23.0 Å². The number of nitrogens with zero attached hydrogens (tertiary/aromatic N) is 2. The van der Waals surface area contributed by atoms with Gasteiger partial charge in [0, 0.05) is 49.8 Å². The number of hydrogen-bond acceptors (Lipinski definition) is 8. The first-order chi connectivity index (χ1) is 22.6. The summed E-state index contributed by atoms with van der Waals surface area (Å²) in [4.78, 5) is 40.1. The lowest BCUT2D eigenvalue weighted by atomic mass is 9.83. The molecule has 4 heterocycles. The summed E-state index contributed by atoms with van der Waals surface area (Å²) in [5, 5.41) is 11.0. The Bertz CT molecular complexity index is 1880. The van der Waals surface area contributed by atoms with E-state index in [1.807, 2.05) is 22.8 Å². The number of aromatic hydroxyl groups is 1. The van der Waals surface area contributed by atoms with Crippen molar-refractivity contribution in [1.82, 2.24) is 9.47 Å². The summed E-state index contributed by atoms with van der Waals surface area (Å²) in [6, 6.07) is 20.1. The molecule has 0 spiro atoms. The van der Waals surface area contributed by atoms with Crippen molar-refractivity contribution in [2.45, 2.75) is 64.1 Å². The van der Waals surface area contributed by atoms with E-state index in [9.17, 15) is 19.5 Å². The van der Waals surface area contributed by atoms with Crippen LogP contribution in [0.25, 0.3) is 0 Å². The number of rotatable bonds is 11. The fraction of sp³-hybridized carbons (Fsp3) is 0.378. The predicted octanol–water partition coefficient (Wildman–Crippen LogP) is 4.84. The van der Waals surface area contributed by atoms with Gasteiger partial charge in [-0.25, -0.2) is 0 Å². The lowest BCUT2D eigenvalue weighted by Gasteiger charge is -2.42. The molecule has 2 aromatic carbocycles. The van der Waals surface area contributed by atoms with E-state index in [0.717, 1.165) is 24.2 Å². The molecule has 0 radical (unpaired) electrons. The summed E-state index contributed by atoms with van der Waals surface area (Å²) in [6.07, 6.45) is 0.790. The first kappa shape index (κ1) is 32.1. The number of carbonyl (C=O) groups excluding carboxylic acids is 1. The fourth-order valence-electron chi connectivity index (χ4n) is 6.96. The predicted molar refractivity (Wildman–Crippen MR) is 177 cm³/mol. The van der Waals surface area contributed by atoms with E-state index >= 15 is 0 Å². The van der Waals surface area contributed by atoms with Crippen LogP contribution >= 0.6 is 0 Å². The summed E-state index contributed by atoms with van der Waals surface area (Å²) in [5.41, 5.74) is 8.91. The average molecular weight is 640 g/mol. The van der Waals surface area contributed by atoms with Gasteiger partial charge in [-0.1, -0.05) is 50.2 Å². The third-order valence-electron chi connectivity index (χ3n) is 9.29. The smallest absolute Gasteiger partial charge is 0.250 e. The molecule has 10 nitrogen and oxygen atoms in total. The number of piperidine rings is 1. The van der Waals surface area contributed by atoms with Crippen LogP contribution in [0, 0.1) is 5.92 Å². The van der Waals surface area contributed by atoms with Crippen molar-refractivity contribution < 1.29 is 23.8 Å². The average Bonchev–Trinajstić information content (AvgIpc) is 3.05. The van der Waals surface area contributed by atoms with Crippen molar-refractivity contribution in [3.8, 4) is 17.2 Å². The standard InChI is InChI=1S/C37H41N3O7/c1-22(2)25-9-7-23(8-10-25)21-46-33-14-26(11-12-32(33)45-3)29(16-34(38)42)37-36(44)31(41)15-28(47-37)20-39-17-24-13-27(19-39)30-5-4-6-35(43)40(30)18-24/h4-12,14-15,22,24,27,29,44H,13,16-21H2,1-3H3,(H2,38,42). The summed E-state index contributed by atoms with van der Waals surface area (Å²) in [6.45, 7) is 6.99. The van der Waals surface area contributed by atoms with Gasteiger partial charge in [0.2, 0.25) is 17.1 Å². The van der Waals surface area contributed by atoms with Gasteiger partial charge in [0.1, 0.15) is 12.4 Å². The first-order valence-electron chi connectivity index (χ1n) is 16.1. The second kappa shape index (κ2) is 13.5. The highest BCUT2D eigenvalue weighted by Gasteiger charge is 2.35. The lowest BCUT2D eigenvalue weighted by Crippen LogP contribution is -2.46. The minimum atomic E-state index is -0.849.